The quantitative estimate of drug-likeness (QED) is 0.165. The molecule has 9 heteroatoms. The third kappa shape index (κ3) is 5.30. The first-order valence-electron chi connectivity index (χ1n) is 17.0. The Balaban J connectivity index is 0.00000360. The fraction of sp³-hybridized carbons (Fsp3) is 0.140. The average Bonchev–Trinajstić information content (AvgIpc) is 3.79. The van der Waals surface area contributed by atoms with E-state index in [-0.39, 0.29) is 37.0 Å². The Morgan fingerprint density at radius 1 is 0.596 bits per heavy atom. The van der Waals surface area contributed by atoms with Gasteiger partial charge in [-0.25, -0.2) is 19.9 Å². The van der Waals surface area contributed by atoms with Crippen LogP contribution in [0.3, 0.4) is 0 Å². The zero-order valence-electron chi connectivity index (χ0n) is 27.4. The summed E-state index contributed by atoms with van der Waals surface area (Å²) in [5, 5.41) is 4.37. The van der Waals surface area contributed by atoms with Gasteiger partial charge in [-0.1, -0.05) is 97.4 Å². The van der Waals surface area contributed by atoms with Gasteiger partial charge in [-0.3, -0.25) is 0 Å². The second-order valence-corrected chi connectivity index (χ2v) is 13.4. The number of aromatic nitrogens is 5. The first kappa shape index (κ1) is 32.5. The van der Waals surface area contributed by atoms with E-state index in [2.05, 4.69) is 17.1 Å². The van der Waals surface area contributed by atoms with Crippen molar-refractivity contribution in [2.75, 3.05) is 0 Å². The third-order valence-electron chi connectivity index (χ3n) is 10.5. The normalized spacial score (nSPS) is 16.4. The van der Waals surface area contributed by atoms with Crippen LogP contribution in [-0.4, -0.2) is 24.9 Å². The Kier molecular flexibility index (Phi) is 7.75. The second kappa shape index (κ2) is 12.4. The Labute approximate surface area is 310 Å². The van der Waals surface area contributed by atoms with Gasteiger partial charge in [0.15, 0.2) is 17.5 Å². The van der Waals surface area contributed by atoms with Crippen molar-refractivity contribution >= 4 is 32.4 Å². The van der Waals surface area contributed by atoms with Gasteiger partial charge in [-0.15, -0.1) is 34.9 Å². The summed E-state index contributed by atoms with van der Waals surface area (Å²) in [4.78, 5) is 24.0. The van der Waals surface area contributed by atoms with Crippen LogP contribution in [0.25, 0.3) is 77.9 Å². The van der Waals surface area contributed by atoms with E-state index in [0.29, 0.717) is 34.6 Å². The van der Waals surface area contributed by atoms with Crippen LogP contribution in [0.15, 0.2) is 115 Å². The predicted molar refractivity (Wildman–Crippen MR) is 193 cm³/mol. The molecular formula is C43H27F3IrN5-. The van der Waals surface area contributed by atoms with Crippen molar-refractivity contribution in [1.82, 2.24) is 24.9 Å². The number of fused-ring (bicyclic) bond motifs is 8. The molecule has 1 radical (unpaired) electrons. The third-order valence-corrected chi connectivity index (χ3v) is 10.5. The van der Waals surface area contributed by atoms with E-state index < -0.39 is 11.9 Å². The van der Waals surface area contributed by atoms with E-state index in [4.69, 9.17) is 19.9 Å². The Morgan fingerprint density at radius 3 is 1.81 bits per heavy atom. The minimum atomic E-state index is -4.66. The number of alkyl halides is 3. The molecular weight excluding hydrogens is 836 g/mol. The van der Waals surface area contributed by atoms with Crippen LogP contribution >= 0.6 is 0 Å². The molecule has 2 unspecified atom stereocenters. The SMILES string of the molecule is FC(F)(F)c1ccc2c(-c3[c-]cc4c(c3)C3CCC4C3)ncc(-c3nc(-c4cccc5ccccc45)nc(-c4cccc5ccccc45)n3)c2n1.[Ir]. The van der Waals surface area contributed by atoms with Gasteiger partial charge in [0, 0.05) is 37.4 Å². The number of benzene rings is 5. The summed E-state index contributed by atoms with van der Waals surface area (Å²) in [6.07, 6.45) is 0.385. The summed E-state index contributed by atoms with van der Waals surface area (Å²) in [5.74, 6) is 2.04. The predicted octanol–water partition coefficient (Wildman–Crippen LogP) is 11.0. The molecule has 3 heterocycles. The summed E-state index contributed by atoms with van der Waals surface area (Å²) in [5.41, 5.74) is 4.85. The molecule has 0 spiro atoms. The van der Waals surface area contributed by atoms with Gasteiger partial charge in [0.2, 0.25) is 0 Å². The van der Waals surface area contributed by atoms with E-state index in [1.807, 2.05) is 91.0 Å². The minimum Gasteiger partial charge on any atom is -0.303 e. The fourth-order valence-electron chi connectivity index (χ4n) is 8.14. The van der Waals surface area contributed by atoms with Gasteiger partial charge in [-0.05, 0) is 63.4 Å². The van der Waals surface area contributed by atoms with Crippen molar-refractivity contribution in [3.63, 3.8) is 0 Å². The van der Waals surface area contributed by atoms with Crippen molar-refractivity contribution in [2.24, 2.45) is 0 Å². The van der Waals surface area contributed by atoms with Crippen LogP contribution in [0.5, 0.6) is 0 Å². The summed E-state index contributed by atoms with van der Waals surface area (Å²) < 4.78 is 42.8. The van der Waals surface area contributed by atoms with Crippen molar-refractivity contribution in [3.05, 3.63) is 138 Å². The van der Waals surface area contributed by atoms with Crippen molar-refractivity contribution in [2.45, 2.75) is 37.3 Å². The average molecular weight is 863 g/mol. The number of rotatable bonds is 4. The standard InChI is InChI=1S/C43H27F3N5.Ir/c44-43(45,46)37-20-19-34-38(28-17-18-31-26-15-16-27(21-26)35(31)22-28)47-23-36(39(34)48-37)42-50-40(32-13-5-9-24-7-1-3-11-29(24)32)49-41(51-42)33-14-6-10-25-8-2-4-12-30(25)33;/h1-14,18-20,22-23,26-27H,15-16,21H2;/q-1;. The van der Waals surface area contributed by atoms with E-state index >= 15 is 0 Å². The number of nitrogens with zero attached hydrogens (tertiary/aromatic N) is 5. The van der Waals surface area contributed by atoms with Crippen LogP contribution in [0.4, 0.5) is 13.2 Å². The molecule has 0 N–H and O–H groups in total. The van der Waals surface area contributed by atoms with Gasteiger partial charge >= 0.3 is 6.18 Å². The van der Waals surface area contributed by atoms with Crippen molar-refractivity contribution in [1.29, 1.82) is 0 Å². The molecule has 1 fully saturated rings. The van der Waals surface area contributed by atoms with Crippen LogP contribution in [0, 0.1) is 6.07 Å². The van der Waals surface area contributed by atoms with Crippen LogP contribution in [0.2, 0.25) is 0 Å². The zero-order chi connectivity index (χ0) is 34.3. The Morgan fingerprint density at radius 2 is 1.17 bits per heavy atom. The molecule has 3 aromatic heterocycles. The summed E-state index contributed by atoms with van der Waals surface area (Å²) in [6, 6.07) is 37.8. The summed E-state index contributed by atoms with van der Waals surface area (Å²) >= 11 is 0. The first-order valence-corrected chi connectivity index (χ1v) is 17.0. The van der Waals surface area contributed by atoms with Gasteiger partial charge in [0.25, 0.3) is 0 Å². The molecule has 8 aromatic rings. The van der Waals surface area contributed by atoms with Crippen molar-refractivity contribution < 1.29 is 33.3 Å². The number of pyridine rings is 2. The molecule has 2 bridgehead atoms. The van der Waals surface area contributed by atoms with E-state index in [0.717, 1.165) is 57.1 Å². The molecule has 255 valence electrons. The second-order valence-electron chi connectivity index (χ2n) is 13.4. The number of halogens is 3. The van der Waals surface area contributed by atoms with E-state index in [1.165, 1.54) is 23.6 Å². The minimum absolute atomic E-state index is 0. The maximum Gasteiger partial charge on any atom is 0.433 e. The molecule has 2 aliphatic carbocycles. The Hall–Kier alpha value is -5.37. The molecule has 2 aliphatic rings. The molecule has 10 rings (SSSR count). The maximum atomic E-state index is 14.3. The van der Waals surface area contributed by atoms with Crippen molar-refractivity contribution in [3.8, 4) is 45.4 Å². The summed E-state index contributed by atoms with van der Waals surface area (Å²) in [6.45, 7) is 0. The molecule has 0 amide bonds. The molecule has 5 aromatic carbocycles. The van der Waals surface area contributed by atoms with Crippen LogP contribution in [-0.2, 0) is 26.3 Å². The molecule has 52 heavy (non-hydrogen) atoms. The smallest absolute Gasteiger partial charge is 0.303 e. The number of hydrogen-bond acceptors (Lipinski definition) is 5. The van der Waals surface area contributed by atoms with E-state index in [9.17, 15) is 13.2 Å². The molecule has 1 saturated carbocycles. The molecule has 5 nitrogen and oxygen atoms in total. The van der Waals surface area contributed by atoms with E-state index in [1.54, 1.807) is 6.20 Å². The molecule has 0 aliphatic heterocycles. The Bertz CT molecular complexity index is 2600. The molecule has 2 atom stereocenters. The van der Waals surface area contributed by atoms with Crippen LogP contribution in [0.1, 0.15) is 47.9 Å². The first-order chi connectivity index (χ1) is 24.9. The maximum absolute atomic E-state index is 14.3. The van der Waals surface area contributed by atoms with Gasteiger partial charge in [0.1, 0.15) is 5.69 Å². The zero-order valence-corrected chi connectivity index (χ0v) is 29.8. The van der Waals surface area contributed by atoms with Gasteiger partial charge in [0.05, 0.1) is 11.1 Å². The largest absolute Gasteiger partial charge is 0.433 e. The number of hydrogen-bond donors (Lipinski definition) is 0. The van der Waals surface area contributed by atoms with Crippen LogP contribution < -0.4 is 0 Å². The summed E-state index contributed by atoms with van der Waals surface area (Å²) in [7, 11) is 0. The monoisotopic (exact) mass is 863 g/mol. The fourth-order valence-corrected chi connectivity index (χ4v) is 8.14. The molecule has 0 saturated heterocycles. The topological polar surface area (TPSA) is 64.5 Å². The van der Waals surface area contributed by atoms with Gasteiger partial charge < -0.3 is 4.98 Å². The van der Waals surface area contributed by atoms with Gasteiger partial charge in [-0.2, -0.15) is 13.2 Å².